The maximum absolute atomic E-state index is 12.1. The largest absolute Gasteiger partial charge is 0.494 e. The second-order valence-electron chi connectivity index (χ2n) is 5.03. The maximum Gasteiger partial charge on any atom is 0.253 e. The zero-order valence-corrected chi connectivity index (χ0v) is 12.5. The van der Waals surface area contributed by atoms with Gasteiger partial charge in [-0.2, -0.15) is 0 Å². The molecule has 106 valence electrons. The minimum absolute atomic E-state index is 0.0822. The van der Waals surface area contributed by atoms with Gasteiger partial charge in [0, 0.05) is 18.7 Å². The van der Waals surface area contributed by atoms with E-state index in [1.54, 1.807) is 0 Å². The van der Waals surface area contributed by atoms with Gasteiger partial charge in [-0.1, -0.05) is 13.8 Å². The fraction of sp³-hybridized carbons (Fsp3) is 0.562. The van der Waals surface area contributed by atoms with Crippen LogP contribution in [0.25, 0.3) is 0 Å². The summed E-state index contributed by atoms with van der Waals surface area (Å²) in [4.78, 5) is 13.9. The van der Waals surface area contributed by atoms with Crippen LogP contribution in [0.1, 0.15) is 44.5 Å². The van der Waals surface area contributed by atoms with Crippen LogP contribution >= 0.6 is 0 Å². The maximum atomic E-state index is 12.1. The normalized spacial score (nSPS) is 10.6. The Morgan fingerprint density at radius 1 is 1.16 bits per heavy atom. The van der Waals surface area contributed by atoms with E-state index >= 15 is 0 Å². The van der Waals surface area contributed by atoms with Gasteiger partial charge in [0.05, 0.1) is 6.61 Å². The van der Waals surface area contributed by atoms with E-state index in [4.69, 9.17) is 4.74 Å². The molecule has 0 unspecified atom stereocenters. The third kappa shape index (κ3) is 4.93. The lowest BCUT2D eigenvalue weighted by atomic mass is 10.1. The number of hydrogen-bond acceptors (Lipinski definition) is 2. The summed E-state index contributed by atoms with van der Waals surface area (Å²) < 4.78 is 5.64. The van der Waals surface area contributed by atoms with Gasteiger partial charge in [-0.05, 0) is 50.5 Å². The Labute approximate surface area is 116 Å². The van der Waals surface area contributed by atoms with Gasteiger partial charge in [0.25, 0.3) is 5.91 Å². The van der Waals surface area contributed by atoms with E-state index in [0.717, 1.165) is 37.4 Å². The smallest absolute Gasteiger partial charge is 0.253 e. The van der Waals surface area contributed by atoms with Crippen molar-refractivity contribution in [1.29, 1.82) is 0 Å². The highest BCUT2D eigenvalue weighted by Gasteiger charge is 2.11. The minimum atomic E-state index is 0.0822. The predicted octanol–water partition coefficient (Wildman–Crippen LogP) is 3.59. The summed E-state index contributed by atoms with van der Waals surface area (Å²) in [5, 5.41) is 0. The quantitative estimate of drug-likeness (QED) is 0.752. The molecule has 0 aliphatic heterocycles. The van der Waals surface area contributed by atoms with E-state index in [1.165, 1.54) is 0 Å². The van der Waals surface area contributed by atoms with E-state index in [-0.39, 0.29) is 5.91 Å². The van der Waals surface area contributed by atoms with Crippen molar-refractivity contribution in [1.82, 2.24) is 4.90 Å². The van der Waals surface area contributed by atoms with Crippen LogP contribution in [-0.4, -0.2) is 30.5 Å². The lowest BCUT2D eigenvalue weighted by Gasteiger charge is -2.18. The molecule has 0 heterocycles. The number of nitrogens with zero attached hydrogens (tertiary/aromatic N) is 1. The van der Waals surface area contributed by atoms with Crippen LogP contribution in [0.3, 0.4) is 0 Å². The first kappa shape index (κ1) is 15.5. The number of benzene rings is 1. The van der Waals surface area contributed by atoms with Crippen LogP contribution in [0.15, 0.2) is 24.3 Å². The third-order valence-corrected chi connectivity index (χ3v) is 3.12. The fourth-order valence-corrected chi connectivity index (χ4v) is 1.80. The van der Waals surface area contributed by atoms with Crippen molar-refractivity contribution < 1.29 is 9.53 Å². The molecule has 0 saturated carbocycles. The molecule has 1 aromatic carbocycles. The van der Waals surface area contributed by atoms with Gasteiger partial charge in [-0.25, -0.2) is 0 Å². The summed E-state index contributed by atoms with van der Waals surface area (Å²) in [6.45, 7) is 10.5. The number of ether oxygens (including phenoxy) is 1. The van der Waals surface area contributed by atoms with Gasteiger partial charge in [-0.15, -0.1) is 0 Å². The van der Waals surface area contributed by atoms with Gasteiger partial charge in [-0.3, -0.25) is 4.79 Å². The second kappa shape index (κ2) is 7.82. The second-order valence-corrected chi connectivity index (χ2v) is 5.03. The molecule has 19 heavy (non-hydrogen) atoms. The molecule has 0 radical (unpaired) electrons. The van der Waals surface area contributed by atoms with Crippen molar-refractivity contribution in [2.45, 2.75) is 34.1 Å². The Kier molecular flexibility index (Phi) is 6.40. The average molecular weight is 263 g/mol. The first-order valence-electron chi connectivity index (χ1n) is 7.10. The molecule has 0 spiro atoms. The number of hydrogen-bond donors (Lipinski definition) is 0. The van der Waals surface area contributed by atoms with Gasteiger partial charge >= 0.3 is 0 Å². The molecule has 0 N–H and O–H groups in total. The number of carbonyl (C=O) groups is 1. The highest BCUT2D eigenvalue weighted by Crippen LogP contribution is 2.14. The predicted molar refractivity (Wildman–Crippen MR) is 78.6 cm³/mol. The van der Waals surface area contributed by atoms with Crippen LogP contribution in [0.2, 0.25) is 0 Å². The van der Waals surface area contributed by atoms with Crippen molar-refractivity contribution in [3.63, 3.8) is 0 Å². The number of carbonyl (C=O) groups excluding carboxylic acids is 1. The zero-order chi connectivity index (χ0) is 14.3. The molecular formula is C16H25NO2. The fourth-order valence-electron chi connectivity index (χ4n) is 1.80. The van der Waals surface area contributed by atoms with Gasteiger partial charge in [0.15, 0.2) is 0 Å². The molecule has 3 heteroatoms. The van der Waals surface area contributed by atoms with E-state index in [1.807, 2.05) is 43.0 Å². The van der Waals surface area contributed by atoms with E-state index in [0.29, 0.717) is 5.92 Å². The zero-order valence-electron chi connectivity index (χ0n) is 12.5. The summed E-state index contributed by atoms with van der Waals surface area (Å²) in [5.74, 6) is 1.55. The monoisotopic (exact) mass is 263 g/mol. The van der Waals surface area contributed by atoms with E-state index in [9.17, 15) is 4.79 Å². The molecule has 3 nitrogen and oxygen atoms in total. The lowest BCUT2D eigenvalue weighted by molar-refractivity contribution is 0.0773. The van der Waals surface area contributed by atoms with E-state index < -0.39 is 0 Å². The van der Waals surface area contributed by atoms with Crippen molar-refractivity contribution in [3.05, 3.63) is 29.8 Å². The van der Waals surface area contributed by atoms with E-state index in [2.05, 4.69) is 13.8 Å². The Bertz CT molecular complexity index is 380. The van der Waals surface area contributed by atoms with Gasteiger partial charge < -0.3 is 9.64 Å². The average Bonchev–Trinajstić information content (AvgIpc) is 2.40. The molecule has 0 aliphatic carbocycles. The summed E-state index contributed by atoms with van der Waals surface area (Å²) in [6, 6.07) is 7.42. The molecule has 0 aliphatic rings. The molecule has 0 fully saturated rings. The third-order valence-electron chi connectivity index (χ3n) is 3.12. The molecule has 1 rings (SSSR count). The van der Waals surface area contributed by atoms with Crippen LogP contribution < -0.4 is 4.74 Å². The lowest BCUT2D eigenvalue weighted by Crippen LogP contribution is -2.30. The summed E-state index contributed by atoms with van der Waals surface area (Å²) in [6.07, 6.45) is 1.04. The Morgan fingerprint density at radius 3 is 2.21 bits per heavy atom. The summed E-state index contributed by atoms with van der Waals surface area (Å²) >= 11 is 0. The van der Waals surface area contributed by atoms with Crippen molar-refractivity contribution in [3.8, 4) is 5.75 Å². The van der Waals surface area contributed by atoms with Crippen LogP contribution in [0.4, 0.5) is 0 Å². The molecule has 1 amide bonds. The molecule has 0 saturated heterocycles. The van der Waals surface area contributed by atoms with Crippen LogP contribution in [0.5, 0.6) is 5.75 Å². The highest BCUT2D eigenvalue weighted by atomic mass is 16.5. The summed E-state index contributed by atoms with van der Waals surface area (Å²) in [5.41, 5.74) is 0.722. The highest BCUT2D eigenvalue weighted by molar-refractivity contribution is 5.94. The molecule has 1 aromatic rings. The van der Waals surface area contributed by atoms with Crippen molar-refractivity contribution >= 4 is 5.91 Å². The molecule has 0 atom stereocenters. The Morgan fingerprint density at radius 2 is 1.74 bits per heavy atom. The first-order valence-corrected chi connectivity index (χ1v) is 7.10. The Hall–Kier alpha value is -1.51. The minimum Gasteiger partial charge on any atom is -0.494 e. The molecule has 0 aromatic heterocycles. The standard InChI is InChI=1S/C16H25NO2/c1-5-17(6-2)16(18)14-7-9-15(10-8-14)19-12-11-13(3)4/h7-10,13H,5-6,11-12H2,1-4H3. The van der Waals surface area contributed by atoms with Gasteiger partial charge in [0.1, 0.15) is 5.75 Å². The molecular weight excluding hydrogens is 238 g/mol. The topological polar surface area (TPSA) is 29.5 Å². The summed E-state index contributed by atoms with van der Waals surface area (Å²) in [7, 11) is 0. The van der Waals surface area contributed by atoms with Crippen molar-refractivity contribution in [2.24, 2.45) is 5.92 Å². The van der Waals surface area contributed by atoms with Crippen molar-refractivity contribution in [2.75, 3.05) is 19.7 Å². The van der Waals surface area contributed by atoms with Gasteiger partial charge in [0.2, 0.25) is 0 Å². The number of rotatable bonds is 7. The molecule has 0 bridgehead atoms. The van der Waals surface area contributed by atoms with Crippen LogP contribution in [0, 0.1) is 5.92 Å². The number of amides is 1. The Balaban J connectivity index is 2.58. The first-order chi connectivity index (χ1) is 9.08. The van der Waals surface area contributed by atoms with Crippen LogP contribution in [-0.2, 0) is 0 Å². The SMILES string of the molecule is CCN(CC)C(=O)c1ccc(OCCC(C)C)cc1.